The third kappa shape index (κ3) is 1.56. The zero-order valence-corrected chi connectivity index (χ0v) is 7.62. The van der Waals surface area contributed by atoms with Crippen LogP contribution in [0.4, 0.5) is 0 Å². The van der Waals surface area contributed by atoms with Crippen LogP contribution in [0.3, 0.4) is 0 Å². The first-order valence-corrected chi connectivity index (χ1v) is 4.46. The van der Waals surface area contributed by atoms with Crippen molar-refractivity contribution in [1.82, 2.24) is 5.32 Å². The summed E-state index contributed by atoms with van der Waals surface area (Å²) in [6, 6.07) is 5.30. The van der Waals surface area contributed by atoms with Gasteiger partial charge >= 0.3 is 0 Å². The average molecular weight is 193 g/mol. The summed E-state index contributed by atoms with van der Waals surface area (Å²) in [5.74, 6) is 0.656. The Kier molecular flexibility index (Phi) is 2.37. The van der Waals surface area contributed by atoms with Crippen LogP contribution in [0.2, 0.25) is 0 Å². The molecule has 0 bridgehead atoms. The first kappa shape index (κ1) is 9.02. The Balaban J connectivity index is 2.19. The number of amides is 1. The van der Waals surface area contributed by atoms with Gasteiger partial charge in [0.05, 0.1) is 6.61 Å². The van der Waals surface area contributed by atoms with E-state index < -0.39 is 0 Å². The fourth-order valence-corrected chi connectivity index (χ4v) is 1.46. The summed E-state index contributed by atoms with van der Waals surface area (Å²) in [6.07, 6.45) is 0. The molecule has 0 fully saturated rings. The predicted molar refractivity (Wildman–Crippen MR) is 50.2 cm³/mol. The number of aliphatic hydroxyl groups is 1. The molecule has 4 nitrogen and oxygen atoms in total. The quantitative estimate of drug-likeness (QED) is 0.726. The first-order chi connectivity index (χ1) is 6.81. The molecule has 0 saturated carbocycles. The van der Waals surface area contributed by atoms with E-state index in [1.54, 1.807) is 12.1 Å². The third-order valence-corrected chi connectivity index (χ3v) is 2.12. The lowest BCUT2D eigenvalue weighted by Crippen LogP contribution is -2.12. The van der Waals surface area contributed by atoms with Gasteiger partial charge in [-0.3, -0.25) is 4.79 Å². The lowest BCUT2D eigenvalue weighted by Gasteiger charge is -2.04. The maximum absolute atomic E-state index is 11.2. The molecule has 1 amide bonds. The summed E-state index contributed by atoms with van der Waals surface area (Å²) >= 11 is 0. The van der Waals surface area contributed by atoms with Crippen molar-refractivity contribution in [2.24, 2.45) is 0 Å². The van der Waals surface area contributed by atoms with Gasteiger partial charge in [-0.15, -0.1) is 0 Å². The third-order valence-electron chi connectivity index (χ3n) is 2.12. The topological polar surface area (TPSA) is 58.6 Å². The number of benzene rings is 1. The number of nitrogens with one attached hydrogen (secondary N) is 1. The smallest absolute Gasteiger partial charge is 0.251 e. The Labute approximate surface area is 81.5 Å². The maximum Gasteiger partial charge on any atom is 0.251 e. The Bertz CT molecular complexity index is 362. The summed E-state index contributed by atoms with van der Waals surface area (Å²) in [5.41, 5.74) is 1.66. The average Bonchev–Trinajstić information content (AvgIpc) is 2.57. The number of hydrogen-bond donors (Lipinski definition) is 2. The number of ether oxygens (including phenoxy) is 1. The van der Waals surface area contributed by atoms with Gasteiger partial charge in [-0.05, 0) is 23.8 Å². The first-order valence-electron chi connectivity index (χ1n) is 4.46. The minimum absolute atomic E-state index is 0.00569. The molecule has 1 heterocycles. The van der Waals surface area contributed by atoms with E-state index in [0.29, 0.717) is 17.9 Å². The van der Waals surface area contributed by atoms with Crippen LogP contribution in [0, 0.1) is 0 Å². The summed E-state index contributed by atoms with van der Waals surface area (Å²) < 4.78 is 5.23. The number of aliphatic hydroxyl groups excluding tert-OH is 1. The van der Waals surface area contributed by atoms with E-state index in [9.17, 15) is 4.79 Å². The largest absolute Gasteiger partial charge is 0.491 e. The van der Waals surface area contributed by atoms with Crippen molar-refractivity contribution in [3.63, 3.8) is 0 Å². The highest BCUT2D eigenvalue weighted by Gasteiger charge is 2.18. The van der Waals surface area contributed by atoms with Gasteiger partial charge in [0.1, 0.15) is 12.4 Å². The maximum atomic E-state index is 11.2. The monoisotopic (exact) mass is 193 g/mol. The van der Waals surface area contributed by atoms with Gasteiger partial charge in [0.15, 0.2) is 0 Å². The van der Waals surface area contributed by atoms with Gasteiger partial charge in [0.25, 0.3) is 5.91 Å². The number of hydrogen-bond acceptors (Lipinski definition) is 3. The molecule has 2 rings (SSSR count). The van der Waals surface area contributed by atoms with E-state index in [0.717, 1.165) is 5.56 Å². The van der Waals surface area contributed by atoms with Gasteiger partial charge in [-0.1, -0.05) is 0 Å². The van der Waals surface area contributed by atoms with Gasteiger partial charge in [-0.25, -0.2) is 0 Å². The molecule has 0 saturated heterocycles. The van der Waals surface area contributed by atoms with Crippen molar-refractivity contribution in [3.05, 3.63) is 29.3 Å². The van der Waals surface area contributed by atoms with Crippen molar-refractivity contribution in [1.29, 1.82) is 0 Å². The van der Waals surface area contributed by atoms with E-state index in [-0.39, 0.29) is 19.1 Å². The zero-order chi connectivity index (χ0) is 9.97. The Morgan fingerprint density at radius 3 is 3.14 bits per heavy atom. The minimum atomic E-state index is -0.0336. The molecule has 0 aliphatic carbocycles. The molecule has 0 aromatic heterocycles. The lowest BCUT2D eigenvalue weighted by molar-refractivity contribution is 0.0966. The molecule has 0 atom stereocenters. The number of rotatable bonds is 3. The Morgan fingerprint density at radius 1 is 1.50 bits per heavy atom. The lowest BCUT2D eigenvalue weighted by atomic mass is 10.1. The van der Waals surface area contributed by atoms with Gasteiger partial charge in [0, 0.05) is 12.1 Å². The molecule has 2 N–H and O–H groups in total. The van der Waals surface area contributed by atoms with E-state index in [4.69, 9.17) is 9.84 Å². The molecule has 0 radical (unpaired) electrons. The van der Waals surface area contributed by atoms with Crippen LogP contribution >= 0.6 is 0 Å². The van der Waals surface area contributed by atoms with Crippen molar-refractivity contribution >= 4 is 5.91 Å². The van der Waals surface area contributed by atoms with Crippen molar-refractivity contribution in [2.75, 3.05) is 13.2 Å². The van der Waals surface area contributed by atoms with Crippen molar-refractivity contribution < 1.29 is 14.6 Å². The normalized spacial score (nSPS) is 13.6. The molecule has 1 aromatic rings. The highest BCUT2D eigenvalue weighted by atomic mass is 16.5. The Hall–Kier alpha value is -1.55. The van der Waals surface area contributed by atoms with E-state index in [1.807, 2.05) is 6.07 Å². The highest BCUT2D eigenvalue weighted by molar-refractivity contribution is 5.98. The second-order valence-corrected chi connectivity index (χ2v) is 3.07. The molecule has 74 valence electrons. The van der Waals surface area contributed by atoms with E-state index >= 15 is 0 Å². The van der Waals surface area contributed by atoms with Gasteiger partial charge in [-0.2, -0.15) is 0 Å². The molecule has 0 unspecified atom stereocenters. The number of carbonyl (C=O) groups is 1. The highest BCUT2D eigenvalue weighted by Crippen LogP contribution is 2.21. The summed E-state index contributed by atoms with van der Waals surface area (Å²) in [5, 5.41) is 11.3. The van der Waals surface area contributed by atoms with Gasteiger partial charge < -0.3 is 15.2 Å². The van der Waals surface area contributed by atoms with Crippen molar-refractivity contribution in [3.8, 4) is 5.75 Å². The van der Waals surface area contributed by atoms with Crippen LogP contribution in [0.1, 0.15) is 15.9 Å². The molecular weight excluding hydrogens is 182 g/mol. The van der Waals surface area contributed by atoms with Crippen LogP contribution in [0.25, 0.3) is 0 Å². The number of carbonyl (C=O) groups excluding carboxylic acids is 1. The Morgan fingerprint density at radius 2 is 2.36 bits per heavy atom. The zero-order valence-electron chi connectivity index (χ0n) is 7.62. The molecule has 1 aromatic carbocycles. The fourth-order valence-electron chi connectivity index (χ4n) is 1.46. The number of fused-ring (bicyclic) bond motifs is 1. The molecular formula is C10H11NO3. The van der Waals surface area contributed by atoms with Crippen LogP contribution in [-0.2, 0) is 6.54 Å². The second kappa shape index (κ2) is 3.67. The summed E-state index contributed by atoms with van der Waals surface area (Å²) in [4.78, 5) is 11.2. The molecule has 14 heavy (non-hydrogen) atoms. The van der Waals surface area contributed by atoms with Gasteiger partial charge in [0.2, 0.25) is 0 Å². The predicted octanol–water partition coefficient (Wildman–Crippen LogP) is 0.301. The summed E-state index contributed by atoms with van der Waals surface area (Å²) in [6.45, 7) is 0.832. The molecule has 0 spiro atoms. The minimum Gasteiger partial charge on any atom is -0.491 e. The molecule has 1 aliphatic rings. The van der Waals surface area contributed by atoms with Crippen LogP contribution in [-0.4, -0.2) is 24.2 Å². The SMILES string of the molecule is O=C1NCc2cc(OCCO)ccc21. The standard InChI is InChI=1S/C10H11NO3/c12-3-4-14-8-1-2-9-7(5-8)6-11-10(9)13/h1-2,5,12H,3-4,6H2,(H,11,13). The van der Waals surface area contributed by atoms with Crippen LogP contribution in [0.15, 0.2) is 18.2 Å². The van der Waals surface area contributed by atoms with E-state index in [1.165, 1.54) is 0 Å². The van der Waals surface area contributed by atoms with Crippen molar-refractivity contribution in [2.45, 2.75) is 6.54 Å². The van der Waals surface area contributed by atoms with Crippen LogP contribution in [0.5, 0.6) is 5.75 Å². The van der Waals surface area contributed by atoms with Crippen LogP contribution < -0.4 is 10.1 Å². The fraction of sp³-hybridized carbons (Fsp3) is 0.300. The van der Waals surface area contributed by atoms with E-state index in [2.05, 4.69) is 5.32 Å². The second-order valence-electron chi connectivity index (χ2n) is 3.07. The molecule has 4 heteroatoms. The summed E-state index contributed by atoms with van der Waals surface area (Å²) in [7, 11) is 0. The molecule has 1 aliphatic heterocycles.